The van der Waals surface area contributed by atoms with E-state index in [2.05, 4.69) is 64.2 Å². The van der Waals surface area contributed by atoms with Gasteiger partial charge < -0.3 is 10.4 Å². The summed E-state index contributed by atoms with van der Waals surface area (Å²) in [6, 6.07) is 8.61. The maximum absolute atomic E-state index is 10.5. The second kappa shape index (κ2) is 5.74. The Morgan fingerprint density at radius 1 is 1.05 bits per heavy atom. The van der Waals surface area contributed by atoms with Crippen molar-refractivity contribution in [3.05, 3.63) is 35.4 Å². The summed E-state index contributed by atoms with van der Waals surface area (Å²) in [4.78, 5) is 10.5. The number of benzene rings is 1. The molecule has 3 heteroatoms. The van der Waals surface area contributed by atoms with E-state index in [-0.39, 0.29) is 17.4 Å². The first-order valence-electron chi connectivity index (χ1n) is 6.66. The molecular weight excluding hydrogens is 238 g/mol. The molecule has 0 aliphatic rings. The molecule has 1 aromatic carbocycles. The van der Waals surface area contributed by atoms with Crippen molar-refractivity contribution in [1.82, 2.24) is 5.32 Å². The first kappa shape index (κ1) is 15.7. The summed E-state index contributed by atoms with van der Waals surface area (Å²) in [5.74, 6) is -0.820. The van der Waals surface area contributed by atoms with Gasteiger partial charge in [0.05, 0.1) is 6.54 Å². The first-order valence-corrected chi connectivity index (χ1v) is 6.66. The molecule has 1 aromatic rings. The van der Waals surface area contributed by atoms with E-state index in [1.807, 2.05) is 0 Å². The minimum atomic E-state index is -0.820. The van der Waals surface area contributed by atoms with Crippen LogP contribution in [0.2, 0.25) is 0 Å². The Bertz CT molecular complexity index is 427. The molecule has 106 valence electrons. The topological polar surface area (TPSA) is 49.3 Å². The monoisotopic (exact) mass is 263 g/mol. The van der Waals surface area contributed by atoms with Crippen LogP contribution in [0.5, 0.6) is 0 Å². The molecule has 0 aliphatic carbocycles. The Labute approximate surface area is 116 Å². The van der Waals surface area contributed by atoms with Crippen LogP contribution in [0.4, 0.5) is 0 Å². The van der Waals surface area contributed by atoms with E-state index in [9.17, 15) is 4.79 Å². The number of nitrogens with one attached hydrogen (secondary N) is 1. The molecule has 0 unspecified atom stereocenters. The molecule has 2 N–H and O–H groups in total. The molecule has 0 atom stereocenters. The van der Waals surface area contributed by atoms with E-state index in [1.54, 1.807) is 0 Å². The SMILES string of the molecule is CC(C)(C)c1ccc(C(C)(C)CNCC(=O)O)cc1. The number of hydrogen-bond acceptors (Lipinski definition) is 2. The molecule has 0 bridgehead atoms. The maximum atomic E-state index is 10.5. The summed E-state index contributed by atoms with van der Waals surface area (Å²) in [5, 5.41) is 11.6. The Hall–Kier alpha value is -1.35. The van der Waals surface area contributed by atoms with Gasteiger partial charge in [-0.05, 0) is 16.5 Å². The van der Waals surface area contributed by atoms with E-state index in [0.717, 1.165) is 0 Å². The van der Waals surface area contributed by atoms with Gasteiger partial charge in [0.2, 0.25) is 0 Å². The molecule has 0 fully saturated rings. The lowest BCUT2D eigenvalue weighted by Gasteiger charge is -2.27. The molecule has 1 rings (SSSR count). The predicted octanol–water partition coefficient (Wildman–Crippen LogP) is 2.94. The summed E-state index contributed by atoms with van der Waals surface area (Å²) in [6.07, 6.45) is 0. The molecule has 19 heavy (non-hydrogen) atoms. The van der Waals surface area contributed by atoms with Gasteiger partial charge in [0.1, 0.15) is 0 Å². The number of carboxylic acids is 1. The third-order valence-electron chi connectivity index (χ3n) is 3.38. The second-order valence-corrected chi connectivity index (χ2v) is 6.71. The molecule has 0 aliphatic heterocycles. The molecular formula is C16H25NO2. The average molecular weight is 263 g/mol. The predicted molar refractivity (Wildman–Crippen MR) is 78.7 cm³/mol. The van der Waals surface area contributed by atoms with Gasteiger partial charge >= 0.3 is 5.97 Å². The van der Waals surface area contributed by atoms with Crippen LogP contribution < -0.4 is 5.32 Å². The highest BCUT2D eigenvalue weighted by Gasteiger charge is 2.21. The van der Waals surface area contributed by atoms with Crippen LogP contribution in [0.1, 0.15) is 45.7 Å². The maximum Gasteiger partial charge on any atom is 0.317 e. The number of carbonyl (C=O) groups is 1. The van der Waals surface area contributed by atoms with Gasteiger partial charge in [-0.25, -0.2) is 0 Å². The lowest BCUT2D eigenvalue weighted by atomic mass is 9.81. The molecule has 0 heterocycles. The third-order valence-corrected chi connectivity index (χ3v) is 3.38. The van der Waals surface area contributed by atoms with Crippen LogP contribution in [-0.2, 0) is 15.6 Å². The fourth-order valence-electron chi connectivity index (χ4n) is 2.01. The van der Waals surface area contributed by atoms with Crippen molar-refractivity contribution >= 4 is 5.97 Å². The quantitative estimate of drug-likeness (QED) is 0.858. The van der Waals surface area contributed by atoms with Crippen LogP contribution in [0.3, 0.4) is 0 Å². The molecule has 3 nitrogen and oxygen atoms in total. The fourth-order valence-corrected chi connectivity index (χ4v) is 2.01. The van der Waals surface area contributed by atoms with Crippen molar-refractivity contribution in [3.63, 3.8) is 0 Å². The van der Waals surface area contributed by atoms with Gasteiger partial charge in [0.15, 0.2) is 0 Å². The van der Waals surface area contributed by atoms with Gasteiger partial charge in [0.25, 0.3) is 0 Å². The van der Waals surface area contributed by atoms with Crippen molar-refractivity contribution in [1.29, 1.82) is 0 Å². The van der Waals surface area contributed by atoms with Crippen LogP contribution in [0.25, 0.3) is 0 Å². The second-order valence-electron chi connectivity index (χ2n) is 6.71. The summed E-state index contributed by atoms with van der Waals surface area (Å²) in [5.41, 5.74) is 2.61. The van der Waals surface area contributed by atoms with E-state index in [1.165, 1.54) is 11.1 Å². The van der Waals surface area contributed by atoms with Crippen LogP contribution in [0, 0.1) is 0 Å². The Kier molecular flexibility index (Phi) is 4.75. The zero-order chi connectivity index (χ0) is 14.7. The number of rotatable bonds is 5. The lowest BCUT2D eigenvalue weighted by Crippen LogP contribution is -2.35. The van der Waals surface area contributed by atoms with Gasteiger partial charge in [-0.1, -0.05) is 58.9 Å². The van der Waals surface area contributed by atoms with Crippen molar-refractivity contribution < 1.29 is 9.90 Å². The Balaban J connectivity index is 2.76. The largest absolute Gasteiger partial charge is 0.480 e. The standard InChI is InChI=1S/C16H25NO2/c1-15(2,3)12-6-8-13(9-7-12)16(4,5)11-17-10-14(18)19/h6-9,17H,10-11H2,1-5H3,(H,18,19). The minimum Gasteiger partial charge on any atom is -0.480 e. The molecule has 0 spiro atoms. The lowest BCUT2D eigenvalue weighted by molar-refractivity contribution is -0.136. The van der Waals surface area contributed by atoms with Crippen molar-refractivity contribution in [2.75, 3.05) is 13.1 Å². The first-order chi connectivity index (χ1) is 8.63. The summed E-state index contributed by atoms with van der Waals surface area (Å²) in [6.45, 7) is 11.5. The molecule has 0 radical (unpaired) electrons. The van der Waals surface area contributed by atoms with Crippen LogP contribution >= 0.6 is 0 Å². The smallest absolute Gasteiger partial charge is 0.317 e. The van der Waals surface area contributed by atoms with Crippen LogP contribution in [-0.4, -0.2) is 24.2 Å². The Morgan fingerprint density at radius 3 is 1.95 bits per heavy atom. The summed E-state index contributed by atoms with van der Waals surface area (Å²) in [7, 11) is 0. The number of hydrogen-bond donors (Lipinski definition) is 2. The molecule has 0 saturated carbocycles. The fraction of sp³-hybridized carbons (Fsp3) is 0.562. The highest BCUT2D eigenvalue weighted by Crippen LogP contribution is 2.27. The Morgan fingerprint density at radius 2 is 1.53 bits per heavy atom. The van der Waals surface area contributed by atoms with Gasteiger partial charge in [-0.15, -0.1) is 0 Å². The van der Waals surface area contributed by atoms with E-state index in [4.69, 9.17) is 5.11 Å². The molecule has 0 saturated heterocycles. The van der Waals surface area contributed by atoms with E-state index >= 15 is 0 Å². The van der Waals surface area contributed by atoms with Crippen LogP contribution in [0.15, 0.2) is 24.3 Å². The highest BCUT2D eigenvalue weighted by atomic mass is 16.4. The number of aliphatic carboxylic acids is 1. The minimum absolute atomic E-state index is 0.00348. The zero-order valence-electron chi connectivity index (χ0n) is 12.6. The van der Waals surface area contributed by atoms with Gasteiger partial charge in [-0.2, -0.15) is 0 Å². The summed E-state index contributed by atoms with van der Waals surface area (Å²) < 4.78 is 0. The normalized spacial score (nSPS) is 12.5. The molecule has 0 amide bonds. The number of carboxylic acid groups (broad SMARTS) is 1. The van der Waals surface area contributed by atoms with Crippen molar-refractivity contribution in [3.8, 4) is 0 Å². The third kappa shape index (κ3) is 4.67. The van der Waals surface area contributed by atoms with E-state index in [0.29, 0.717) is 6.54 Å². The van der Waals surface area contributed by atoms with E-state index < -0.39 is 5.97 Å². The van der Waals surface area contributed by atoms with Gasteiger partial charge in [0, 0.05) is 12.0 Å². The summed E-state index contributed by atoms with van der Waals surface area (Å²) >= 11 is 0. The zero-order valence-corrected chi connectivity index (χ0v) is 12.6. The average Bonchev–Trinajstić information content (AvgIpc) is 2.27. The molecule has 0 aromatic heterocycles. The van der Waals surface area contributed by atoms with Gasteiger partial charge in [-0.3, -0.25) is 4.79 Å². The van der Waals surface area contributed by atoms with Crippen molar-refractivity contribution in [2.24, 2.45) is 0 Å². The highest BCUT2D eigenvalue weighted by molar-refractivity contribution is 5.69. The van der Waals surface area contributed by atoms with Crippen molar-refractivity contribution in [2.45, 2.75) is 45.4 Å².